The van der Waals surface area contributed by atoms with E-state index < -0.39 is 0 Å². The maximum atomic E-state index is 13.0. The summed E-state index contributed by atoms with van der Waals surface area (Å²) in [6.45, 7) is 0. The Morgan fingerprint density at radius 1 is 1.00 bits per heavy atom. The third kappa shape index (κ3) is 2.93. The molecule has 0 aliphatic rings. The van der Waals surface area contributed by atoms with E-state index in [1.54, 1.807) is 12.1 Å². The molecule has 2 aromatic carbocycles. The fraction of sp³-hybridized carbons (Fsp3) is 0.167. The Morgan fingerprint density at radius 2 is 1.62 bits per heavy atom. The summed E-state index contributed by atoms with van der Waals surface area (Å²) in [5.41, 5.74) is 1.09. The zero-order valence-electron chi connectivity index (χ0n) is 14.1. The highest BCUT2D eigenvalue weighted by Crippen LogP contribution is 2.42. The van der Waals surface area contributed by atoms with Crippen molar-refractivity contribution in [3.63, 3.8) is 0 Å². The van der Waals surface area contributed by atoms with Gasteiger partial charge in [-0.05, 0) is 50.1 Å². The van der Waals surface area contributed by atoms with Crippen LogP contribution in [0, 0.1) is 0 Å². The highest BCUT2D eigenvalue weighted by Gasteiger charge is 2.23. The largest absolute Gasteiger partial charge is 0.507 e. The van der Waals surface area contributed by atoms with Gasteiger partial charge >= 0.3 is 0 Å². The van der Waals surface area contributed by atoms with E-state index in [1.165, 1.54) is 33.7 Å². The van der Waals surface area contributed by atoms with Gasteiger partial charge in [-0.2, -0.15) is 0 Å². The lowest BCUT2D eigenvalue weighted by molar-refractivity contribution is 0.103. The number of hydrogen-bond acceptors (Lipinski definition) is 6. The molecule has 0 saturated heterocycles. The molecule has 0 bridgehead atoms. The number of aromatic hydroxyl groups is 1. The number of carbonyl (C=O) groups is 1. The van der Waals surface area contributed by atoms with Crippen LogP contribution in [0.2, 0.25) is 0 Å². The molecule has 8 heteroatoms. The molecule has 3 rings (SSSR count). The molecule has 0 unspecified atom stereocenters. The van der Waals surface area contributed by atoms with Gasteiger partial charge < -0.3 is 23.7 Å². The van der Waals surface area contributed by atoms with Gasteiger partial charge in [0.05, 0.1) is 35.8 Å². The summed E-state index contributed by atoms with van der Waals surface area (Å²) < 4.78 is 22.4. The number of ketones is 1. The average Bonchev–Trinajstić information content (AvgIpc) is 3.07. The minimum Gasteiger partial charge on any atom is -0.507 e. The summed E-state index contributed by atoms with van der Waals surface area (Å²) in [6, 6.07) is 4.60. The van der Waals surface area contributed by atoms with Crippen LogP contribution in [-0.2, 0) is 0 Å². The lowest BCUT2D eigenvalue weighted by Gasteiger charge is -2.13. The van der Waals surface area contributed by atoms with E-state index in [1.807, 2.05) is 0 Å². The van der Waals surface area contributed by atoms with Gasteiger partial charge in [-0.25, -0.2) is 0 Å². The predicted octanol–water partition coefficient (Wildman–Crippen LogP) is 4.92. The summed E-state index contributed by atoms with van der Waals surface area (Å²) in [7, 11) is 4.45. The van der Waals surface area contributed by atoms with E-state index in [0.717, 1.165) is 0 Å². The Hall–Kier alpha value is -2.19. The van der Waals surface area contributed by atoms with Crippen LogP contribution in [0.3, 0.4) is 0 Å². The van der Waals surface area contributed by atoms with E-state index in [-0.39, 0.29) is 11.5 Å². The van der Waals surface area contributed by atoms with Crippen LogP contribution in [0.15, 0.2) is 37.8 Å². The minimum atomic E-state index is -0.309. The summed E-state index contributed by atoms with van der Waals surface area (Å²) in [6.07, 6.45) is 1.35. The van der Waals surface area contributed by atoms with Gasteiger partial charge in [-0.3, -0.25) is 4.79 Å². The number of ether oxygens (including phenoxy) is 3. The second-order valence-corrected chi connectivity index (χ2v) is 6.88. The Balaban J connectivity index is 2.18. The lowest BCUT2D eigenvalue weighted by atomic mass is 10.0. The fourth-order valence-electron chi connectivity index (χ4n) is 2.64. The second-order valence-electron chi connectivity index (χ2n) is 5.29. The van der Waals surface area contributed by atoms with E-state index >= 15 is 0 Å². The summed E-state index contributed by atoms with van der Waals surface area (Å²) >= 11 is 6.60. The first-order valence-corrected chi connectivity index (χ1v) is 8.94. The molecule has 1 N–H and O–H groups in total. The van der Waals surface area contributed by atoms with Gasteiger partial charge in [-0.15, -0.1) is 0 Å². The molecule has 6 nitrogen and oxygen atoms in total. The maximum absolute atomic E-state index is 13.0. The molecule has 136 valence electrons. The van der Waals surface area contributed by atoms with E-state index in [4.69, 9.17) is 18.6 Å². The highest BCUT2D eigenvalue weighted by molar-refractivity contribution is 9.13. The number of phenols is 1. The topological polar surface area (TPSA) is 78.1 Å². The SMILES string of the molecule is COc1cc(C(=O)c2coc3c(Br)c(Br)c(O)cc23)cc(OC)c1OC. The number of rotatable bonds is 5. The molecule has 0 spiro atoms. The third-order valence-corrected chi connectivity index (χ3v) is 5.99. The van der Waals surface area contributed by atoms with Gasteiger partial charge in [0.1, 0.15) is 17.6 Å². The number of benzene rings is 2. The van der Waals surface area contributed by atoms with E-state index in [2.05, 4.69) is 31.9 Å². The maximum Gasteiger partial charge on any atom is 0.203 e. The predicted molar refractivity (Wildman–Crippen MR) is 103 cm³/mol. The summed E-state index contributed by atoms with van der Waals surface area (Å²) in [4.78, 5) is 13.0. The van der Waals surface area contributed by atoms with Crippen LogP contribution in [-0.4, -0.2) is 32.2 Å². The molecule has 1 heterocycles. The number of hydrogen-bond donors (Lipinski definition) is 1. The van der Waals surface area contributed by atoms with Crippen molar-refractivity contribution in [2.24, 2.45) is 0 Å². The van der Waals surface area contributed by atoms with Gasteiger partial charge in [0.2, 0.25) is 5.75 Å². The molecule has 0 aliphatic heterocycles. The minimum absolute atomic E-state index is 0.00952. The first-order valence-electron chi connectivity index (χ1n) is 7.35. The van der Waals surface area contributed by atoms with Crippen molar-refractivity contribution in [3.05, 3.63) is 44.5 Å². The van der Waals surface area contributed by atoms with Crippen LogP contribution in [0.4, 0.5) is 0 Å². The van der Waals surface area contributed by atoms with Crippen molar-refractivity contribution in [1.29, 1.82) is 0 Å². The van der Waals surface area contributed by atoms with Crippen molar-refractivity contribution < 1.29 is 28.5 Å². The Labute approximate surface area is 165 Å². The standard InChI is InChI=1S/C18H14Br2O6/c1-23-12-4-8(5-13(24-2)18(12)25-3)16(22)10-7-26-17-9(10)6-11(21)14(19)15(17)20/h4-7,21H,1-3H3. The Morgan fingerprint density at radius 3 is 2.15 bits per heavy atom. The number of methoxy groups -OCH3 is 3. The molecular weight excluding hydrogens is 472 g/mol. The molecule has 1 aromatic heterocycles. The average molecular weight is 486 g/mol. The summed E-state index contributed by atoms with van der Waals surface area (Å²) in [5.74, 6) is 0.818. The zero-order chi connectivity index (χ0) is 19.0. The molecule has 0 saturated carbocycles. The number of phenolic OH excluding ortho intramolecular Hbond substituents is 1. The van der Waals surface area contributed by atoms with Gasteiger partial charge in [0, 0.05) is 10.9 Å². The van der Waals surface area contributed by atoms with Gasteiger partial charge in [0.25, 0.3) is 0 Å². The van der Waals surface area contributed by atoms with Crippen LogP contribution in [0.25, 0.3) is 11.0 Å². The number of carbonyl (C=O) groups excluding carboxylic acids is 1. The Kier molecular flexibility index (Phi) is 5.15. The van der Waals surface area contributed by atoms with Crippen LogP contribution < -0.4 is 14.2 Å². The molecule has 3 aromatic rings. The summed E-state index contributed by atoms with van der Waals surface area (Å²) in [5, 5.41) is 10.5. The van der Waals surface area contributed by atoms with Crippen molar-refractivity contribution in [2.75, 3.05) is 21.3 Å². The third-order valence-electron chi connectivity index (χ3n) is 3.90. The molecule has 26 heavy (non-hydrogen) atoms. The normalized spacial score (nSPS) is 10.8. The van der Waals surface area contributed by atoms with Gasteiger partial charge in [0.15, 0.2) is 17.3 Å². The smallest absolute Gasteiger partial charge is 0.203 e. The molecular formula is C18H14Br2O6. The highest BCUT2D eigenvalue weighted by atomic mass is 79.9. The van der Waals surface area contributed by atoms with Crippen molar-refractivity contribution >= 4 is 48.6 Å². The monoisotopic (exact) mass is 484 g/mol. The number of furan rings is 1. The van der Waals surface area contributed by atoms with E-state index in [0.29, 0.717) is 48.3 Å². The lowest BCUT2D eigenvalue weighted by Crippen LogP contribution is -2.03. The van der Waals surface area contributed by atoms with E-state index in [9.17, 15) is 9.90 Å². The second kappa shape index (κ2) is 7.20. The quantitative estimate of drug-likeness (QED) is 0.517. The molecule has 0 amide bonds. The molecule has 0 aliphatic carbocycles. The number of halogens is 2. The number of fused-ring (bicyclic) bond motifs is 1. The van der Waals surface area contributed by atoms with Crippen LogP contribution >= 0.6 is 31.9 Å². The zero-order valence-corrected chi connectivity index (χ0v) is 17.2. The van der Waals surface area contributed by atoms with Crippen LogP contribution in [0.5, 0.6) is 23.0 Å². The molecule has 0 radical (unpaired) electrons. The van der Waals surface area contributed by atoms with Gasteiger partial charge in [-0.1, -0.05) is 0 Å². The first kappa shape index (κ1) is 18.6. The van der Waals surface area contributed by atoms with Crippen LogP contribution in [0.1, 0.15) is 15.9 Å². The van der Waals surface area contributed by atoms with Crippen molar-refractivity contribution in [3.8, 4) is 23.0 Å². The Bertz CT molecular complexity index is 984. The molecule has 0 atom stereocenters. The molecule has 0 fully saturated rings. The fourth-order valence-corrected chi connectivity index (χ4v) is 3.44. The first-order chi connectivity index (χ1) is 12.4. The van der Waals surface area contributed by atoms with Crippen molar-refractivity contribution in [1.82, 2.24) is 0 Å². The van der Waals surface area contributed by atoms with Crippen molar-refractivity contribution in [2.45, 2.75) is 0 Å².